The summed E-state index contributed by atoms with van der Waals surface area (Å²) in [5.41, 5.74) is 0. The van der Waals surface area contributed by atoms with E-state index in [0.717, 1.165) is 12.8 Å². The number of hydrogen-bond acceptors (Lipinski definition) is 1. The average Bonchev–Trinajstić information content (AvgIpc) is 2.43. The van der Waals surface area contributed by atoms with Crippen molar-refractivity contribution in [1.29, 1.82) is 0 Å². The second kappa shape index (κ2) is 23.9. The fourth-order valence-electron chi connectivity index (χ4n) is 2.65. The van der Waals surface area contributed by atoms with Crippen molar-refractivity contribution in [3.05, 3.63) is 0 Å². The second-order valence-electron chi connectivity index (χ2n) is 6.09. The second-order valence-corrected chi connectivity index (χ2v) is 6.09. The maximum atomic E-state index is 10.3. The third kappa shape index (κ3) is 25.6. The van der Waals surface area contributed by atoms with Crippen LogP contribution in [0.25, 0.3) is 0 Å². The molecule has 0 aliphatic carbocycles. The molecule has 0 aromatic rings. The molecular formula is C18H36CaO3. The smallest absolute Gasteiger partial charge is 2.00 e. The number of unbranched alkanes of at least 4 members (excludes halogenated alkanes) is 14. The molecular weight excluding hydrogens is 304 g/mol. The van der Waals surface area contributed by atoms with Gasteiger partial charge in [0.05, 0.1) is 0 Å². The fraction of sp³-hybridized carbons (Fsp3) is 0.944. The van der Waals surface area contributed by atoms with E-state index in [1.54, 1.807) is 0 Å². The topological polar surface area (TPSA) is 65.8 Å². The molecule has 0 saturated heterocycles. The molecule has 0 aliphatic rings. The summed E-state index contributed by atoms with van der Waals surface area (Å²) in [6.45, 7) is 2.27. The predicted octanol–water partition coefficient (Wildman–Crippen LogP) is 5.83. The summed E-state index contributed by atoms with van der Waals surface area (Å²) in [6.07, 6.45) is 20.2. The molecule has 128 valence electrons. The van der Waals surface area contributed by atoms with Crippen LogP contribution in [0.4, 0.5) is 0 Å². The van der Waals surface area contributed by atoms with Crippen molar-refractivity contribution in [1.82, 2.24) is 0 Å². The molecule has 0 aromatic carbocycles. The van der Waals surface area contributed by atoms with Crippen molar-refractivity contribution in [3.63, 3.8) is 0 Å². The molecule has 0 amide bonds. The van der Waals surface area contributed by atoms with Crippen molar-refractivity contribution in [2.24, 2.45) is 0 Å². The molecule has 0 aromatic heterocycles. The standard InChI is InChI=1S/C18H36O2.Ca.O/c1-2-3-4-5-6-7-8-9-10-11-12-13-14-15-16-17-18(19)20;;/h2-17H2,1H3,(H,19,20);;/q;+2;-2. The van der Waals surface area contributed by atoms with Crippen LogP contribution in [0, 0.1) is 0 Å². The van der Waals surface area contributed by atoms with Crippen molar-refractivity contribution >= 4 is 43.7 Å². The number of hydrogen-bond donors (Lipinski definition) is 1. The minimum absolute atomic E-state index is 0. The van der Waals surface area contributed by atoms with Gasteiger partial charge in [-0.2, -0.15) is 0 Å². The van der Waals surface area contributed by atoms with Gasteiger partial charge in [-0.1, -0.05) is 96.8 Å². The van der Waals surface area contributed by atoms with E-state index in [1.807, 2.05) is 0 Å². The van der Waals surface area contributed by atoms with E-state index < -0.39 is 5.97 Å². The zero-order valence-corrected chi connectivity index (χ0v) is 17.0. The van der Waals surface area contributed by atoms with Gasteiger partial charge in [0, 0.05) is 6.42 Å². The Morgan fingerprint density at radius 1 is 0.636 bits per heavy atom. The Morgan fingerprint density at radius 2 is 0.909 bits per heavy atom. The summed E-state index contributed by atoms with van der Waals surface area (Å²) in [7, 11) is 0. The molecule has 4 heteroatoms. The first kappa shape index (κ1) is 27.5. The molecule has 0 saturated carbocycles. The van der Waals surface area contributed by atoms with Crippen LogP contribution in [-0.2, 0) is 10.3 Å². The Hall–Kier alpha value is 0.690. The van der Waals surface area contributed by atoms with Crippen LogP contribution >= 0.6 is 0 Å². The van der Waals surface area contributed by atoms with E-state index in [1.165, 1.54) is 83.5 Å². The van der Waals surface area contributed by atoms with E-state index in [4.69, 9.17) is 5.11 Å². The van der Waals surface area contributed by atoms with Gasteiger partial charge in [0.2, 0.25) is 0 Å². The Morgan fingerprint density at radius 3 is 1.18 bits per heavy atom. The summed E-state index contributed by atoms with van der Waals surface area (Å²) >= 11 is 0. The van der Waals surface area contributed by atoms with Crippen LogP contribution in [0.3, 0.4) is 0 Å². The van der Waals surface area contributed by atoms with Crippen molar-refractivity contribution in [3.8, 4) is 0 Å². The molecule has 0 rings (SSSR count). The van der Waals surface area contributed by atoms with Crippen molar-refractivity contribution in [2.75, 3.05) is 0 Å². The molecule has 22 heavy (non-hydrogen) atoms. The van der Waals surface area contributed by atoms with E-state index >= 15 is 0 Å². The SMILES string of the molecule is CCCCCCCCCCCCCCCCCC(=O)O.[Ca+2].[O-2]. The van der Waals surface area contributed by atoms with Gasteiger partial charge in [0.1, 0.15) is 0 Å². The van der Waals surface area contributed by atoms with Gasteiger partial charge in [-0.15, -0.1) is 0 Å². The fourth-order valence-corrected chi connectivity index (χ4v) is 2.65. The minimum atomic E-state index is -0.653. The maximum absolute atomic E-state index is 10.3. The van der Waals surface area contributed by atoms with Gasteiger partial charge in [-0.25, -0.2) is 0 Å². The zero-order valence-electron chi connectivity index (χ0n) is 14.8. The third-order valence-corrected chi connectivity index (χ3v) is 3.99. The molecule has 1 N–H and O–H groups in total. The van der Waals surface area contributed by atoms with Gasteiger partial charge in [-0.3, -0.25) is 4.79 Å². The quantitative estimate of drug-likeness (QED) is 0.283. The Balaban J connectivity index is -0.00000180. The summed E-state index contributed by atoms with van der Waals surface area (Å²) in [5, 5.41) is 8.52. The van der Waals surface area contributed by atoms with Crippen LogP contribution in [0.5, 0.6) is 0 Å². The van der Waals surface area contributed by atoms with Gasteiger partial charge < -0.3 is 10.6 Å². The monoisotopic (exact) mass is 340 g/mol. The number of carbonyl (C=O) groups is 1. The number of rotatable bonds is 16. The molecule has 0 atom stereocenters. The third-order valence-electron chi connectivity index (χ3n) is 3.99. The van der Waals surface area contributed by atoms with Gasteiger partial charge >= 0.3 is 43.7 Å². The van der Waals surface area contributed by atoms with Crippen LogP contribution in [0.1, 0.15) is 110 Å². The van der Waals surface area contributed by atoms with Gasteiger partial charge in [0.25, 0.3) is 0 Å². The van der Waals surface area contributed by atoms with Crippen LogP contribution < -0.4 is 0 Å². The molecule has 3 nitrogen and oxygen atoms in total. The Labute approximate surface area is 167 Å². The summed E-state index contributed by atoms with van der Waals surface area (Å²) < 4.78 is 0. The Kier molecular flexibility index (Phi) is 30.0. The molecule has 0 spiro atoms. The van der Waals surface area contributed by atoms with Gasteiger partial charge in [0.15, 0.2) is 0 Å². The molecule has 0 fully saturated rings. The molecule has 0 aliphatic heterocycles. The van der Waals surface area contributed by atoms with E-state index in [2.05, 4.69) is 6.92 Å². The average molecular weight is 341 g/mol. The molecule has 0 unspecified atom stereocenters. The maximum Gasteiger partial charge on any atom is 2.00 e. The van der Waals surface area contributed by atoms with Crippen LogP contribution in [-0.4, -0.2) is 48.8 Å². The van der Waals surface area contributed by atoms with Crippen LogP contribution in [0.15, 0.2) is 0 Å². The van der Waals surface area contributed by atoms with Crippen LogP contribution in [0.2, 0.25) is 0 Å². The first-order valence-electron chi connectivity index (χ1n) is 8.99. The van der Waals surface area contributed by atoms with Crippen molar-refractivity contribution in [2.45, 2.75) is 110 Å². The minimum Gasteiger partial charge on any atom is -2.00 e. The first-order chi connectivity index (χ1) is 9.77. The largest absolute Gasteiger partial charge is 2.00 e. The molecule has 0 bridgehead atoms. The number of carboxylic acids is 1. The van der Waals surface area contributed by atoms with E-state index in [0.29, 0.717) is 6.42 Å². The number of carboxylic acid groups (broad SMARTS) is 1. The summed E-state index contributed by atoms with van der Waals surface area (Å²) in [6, 6.07) is 0. The summed E-state index contributed by atoms with van der Waals surface area (Å²) in [4.78, 5) is 10.3. The molecule has 0 radical (unpaired) electrons. The Bertz CT molecular complexity index is 211. The number of aliphatic carboxylic acids is 1. The van der Waals surface area contributed by atoms with E-state index in [9.17, 15) is 4.79 Å². The van der Waals surface area contributed by atoms with E-state index in [-0.39, 0.29) is 43.2 Å². The normalized spacial score (nSPS) is 9.86. The zero-order chi connectivity index (χ0) is 14.9. The summed E-state index contributed by atoms with van der Waals surface area (Å²) in [5.74, 6) is -0.653. The first-order valence-corrected chi connectivity index (χ1v) is 8.99. The predicted molar refractivity (Wildman–Crippen MR) is 93.6 cm³/mol. The van der Waals surface area contributed by atoms with Gasteiger partial charge in [-0.05, 0) is 6.42 Å². The molecule has 0 heterocycles. The van der Waals surface area contributed by atoms with Crippen molar-refractivity contribution < 1.29 is 15.4 Å².